The minimum Gasteiger partial charge on any atom is -0.313 e. The smallest absolute Gasteiger partial charge is 0.0453 e. The van der Waals surface area contributed by atoms with Crippen LogP contribution >= 0.6 is 23.2 Å². The molecule has 0 fully saturated rings. The molecule has 0 aromatic heterocycles. The molecule has 1 nitrogen and oxygen atoms in total. The van der Waals surface area contributed by atoms with Crippen LogP contribution in [0.5, 0.6) is 0 Å². The van der Waals surface area contributed by atoms with Crippen molar-refractivity contribution in [2.24, 2.45) is 11.8 Å². The van der Waals surface area contributed by atoms with Crippen LogP contribution in [0.1, 0.15) is 39.7 Å². The molecular weight excluding hydrogens is 277 g/mol. The van der Waals surface area contributed by atoms with Crippen molar-refractivity contribution in [2.75, 3.05) is 6.54 Å². The Morgan fingerprint density at radius 2 is 1.68 bits per heavy atom. The molecule has 0 aliphatic carbocycles. The Hall–Kier alpha value is -0.240. The monoisotopic (exact) mass is 301 g/mol. The maximum atomic E-state index is 6.28. The van der Waals surface area contributed by atoms with E-state index in [1.54, 1.807) is 0 Å². The SMILES string of the molecule is CCCNC(Cc1c(Cl)cccc1Cl)C(C)C(C)C. The molecular formula is C16H25Cl2N. The molecule has 1 aromatic carbocycles. The summed E-state index contributed by atoms with van der Waals surface area (Å²) >= 11 is 12.6. The zero-order chi connectivity index (χ0) is 14.4. The summed E-state index contributed by atoms with van der Waals surface area (Å²) in [5, 5.41) is 5.18. The normalized spacial score (nSPS) is 14.7. The van der Waals surface area contributed by atoms with Crippen LogP contribution in [0.15, 0.2) is 18.2 Å². The molecule has 2 unspecified atom stereocenters. The Bertz CT molecular complexity index is 370. The fraction of sp³-hybridized carbons (Fsp3) is 0.625. The molecule has 2 atom stereocenters. The lowest BCUT2D eigenvalue weighted by atomic mass is 9.86. The van der Waals surface area contributed by atoms with Gasteiger partial charge in [-0.05, 0) is 48.9 Å². The third kappa shape index (κ3) is 4.98. The average Bonchev–Trinajstić information content (AvgIpc) is 2.36. The second-order valence-electron chi connectivity index (χ2n) is 5.57. The summed E-state index contributed by atoms with van der Waals surface area (Å²) in [5.41, 5.74) is 1.06. The molecule has 19 heavy (non-hydrogen) atoms. The first-order valence-electron chi connectivity index (χ1n) is 7.13. The van der Waals surface area contributed by atoms with Crippen molar-refractivity contribution in [2.45, 2.75) is 46.6 Å². The summed E-state index contributed by atoms with van der Waals surface area (Å²) in [6.07, 6.45) is 2.02. The summed E-state index contributed by atoms with van der Waals surface area (Å²) in [6.45, 7) is 10.0. The summed E-state index contributed by atoms with van der Waals surface area (Å²) < 4.78 is 0. The van der Waals surface area contributed by atoms with Gasteiger partial charge < -0.3 is 5.32 Å². The maximum Gasteiger partial charge on any atom is 0.0453 e. The predicted molar refractivity (Wildman–Crippen MR) is 86.2 cm³/mol. The molecule has 108 valence electrons. The average molecular weight is 302 g/mol. The first kappa shape index (κ1) is 16.8. The molecule has 1 rings (SSSR count). The first-order valence-corrected chi connectivity index (χ1v) is 7.89. The van der Waals surface area contributed by atoms with Gasteiger partial charge in [-0.2, -0.15) is 0 Å². The maximum absolute atomic E-state index is 6.28. The van der Waals surface area contributed by atoms with Gasteiger partial charge in [-0.3, -0.25) is 0 Å². The highest BCUT2D eigenvalue weighted by atomic mass is 35.5. The molecule has 0 radical (unpaired) electrons. The van der Waals surface area contributed by atoms with Crippen LogP contribution in [-0.2, 0) is 6.42 Å². The largest absolute Gasteiger partial charge is 0.313 e. The van der Waals surface area contributed by atoms with Gasteiger partial charge in [0.05, 0.1) is 0 Å². The van der Waals surface area contributed by atoms with Crippen LogP contribution in [-0.4, -0.2) is 12.6 Å². The van der Waals surface area contributed by atoms with Crippen molar-refractivity contribution in [3.8, 4) is 0 Å². The molecule has 0 saturated heterocycles. The van der Waals surface area contributed by atoms with Crippen molar-refractivity contribution in [3.05, 3.63) is 33.8 Å². The zero-order valence-electron chi connectivity index (χ0n) is 12.3. The standard InChI is InChI=1S/C16H25Cl2N/c1-5-9-19-16(12(4)11(2)3)10-13-14(17)7-6-8-15(13)18/h6-8,11-12,16,19H,5,9-10H2,1-4H3. The van der Waals surface area contributed by atoms with Gasteiger partial charge in [0.25, 0.3) is 0 Å². The highest BCUT2D eigenvalue weighted by Crippen LogP contribution is 2.28. The van der Waals surface area contributed by atoms with E-state index in [1.807, 2.05) is 18.2 Å². The van der Waals surface area contributed by atoms with Crippen LogP contribution in [0.25, 0.3) is 0 Å². The lowest BCUT2D eigenvalue weighted by Gasteiger charge is -2.29. The lowest BCUT2D eigenvalue weighted by Crippen LogP contribution is -2.39. The van der Waals surface area contributed by atoms with E-state index in [0.29, 0.717) is 17.9 Å². The van der Waals surface area contributed by atoms with Crippen molar-refractivity contribution in [1.82, 2.24) is 5.32 Å². The van der Waals surface area contributed by atoms with Crippen LogP contribution in [0, 0.1) is 11.8 Å². The predicted octanol–water partition coefficient (Wildman–Crippen LogP) is 5.20. The van der Waals surface area contributed by atoms with Crippen LogP contribution < -0.4 is 5.32 Å². The Morgan fingerprint density at radius 3 is 2.16 bits per heavy atom. The van der Waals surface area contributed by atoms with E-state index in [9.17, 15) is 0 Å². The van der Waals surface area contributed by atoms with Gasteiger partial charge in [-0.25, -0.2) is 0 Å². The van der Waals surface area contributed by atoms with E-state index >= 15 is 0 Å². The number of benzene rings is 1. The van der Waals surface area contributed by atoms with Gasteiger partial charge >= 0.3 is 0 Å². The van der Waals surface area contributed by atoms with E-state index in [0.717, 1.165) is 35.0 Å². The molecule has 1 N–H and O–H groups in total. The molecule has 0 aliphatic rings. The number of halogens is 2. The quantitative estimate of drug-likeness (QED) is 0.730. The summed E-state index contributed by atoms with van der Waals surface area (Å²) in [7, 11) is 0. The van der Waals surface area contributed by atoms with E-state index < -0.39 is 0 Å². The second-order valence-corrected chi connectivity index (χ2v) is 6.38. The van der Waals surface area contributed by atoms with Gasteiger partial charge in [-0.1, -0.05) is 57.0 Å². The number of hydrogen-bond donors (Lipinski definition) is 1. The fourth-order valence-electron chi connectivity index (χ4n) is 2.19. The molecule has 0 bridgehead atoms. The topological polar surface area (TPSA) is 12.0 Å². The van der Waals surface area contributed by atoms with Crippen molar-refractivity contribution in [3.63, 3.8) is 0 Å². The number of hydrogen-bond acceptors (Lipinski definition) is 1. The highest BCUT2D eigenvalue weighted by molar-refractivity contribution is 6.36. The second kappa shape index (κ2) is 8.14. The summed E-state index contributed by atoms with van der Waals surface area (Å²) in [4.78, 5) is 0. The van der Waals surface area contributed by atoms with Gasteiger partial charge in [0.1, 0.15) is 0 Å². The third-order valence-electron chi connectivity index (χ3n) is 3.83. The molecule has 0 saturated carbocycles. The molecule has 0 spiro atoms. The Kier molecular flexibility index (Phi) is 7.20. The molecule has 0 heterocycles. The summed E-state index contributed by atoms with van der Waals surface area (Å²) in [6, 6.07) is 6.14. The Labute approximate surface area is 127 Å². The molecule has 0 amide bonds. The van der Waals surface area contributed by atoms with Gasteiger partial charge in [-0.15, -0.1) is 0 Å². The van der Waals surface area contributed by atoms with Crippen LogP contribution in [0.4, 0.5) is 0 Å². The van der Waals surface area contributed by atoms with Gasteiger partial charge in [0.2, 0.25) is 0 Å². The summed E-state index contributed by atoms with van der Waals surface area (Å²) in [5.74, 6) is 1.22. The van der Waals surface area contributed by atoms with Crippen LogP contribution in [0.3, 0.4) is 0 Å². The van der Waals surface area contributed by atoms with E-state index in [4.69, 9.17) is 23.2 Å². The Balaban J connectivity index is 2.87. The zero-order valence-corrected chi connectivity index (χ0v) is 13.9. The van der Waals surface area contributed by atoms with E-state index in [-0.39, 0.29) is 0 Å². The van der Waals surface area contributed by atoms with E-state index in [2.05, 4.69) is 33.0 Å². The van der Waals surface area contributed by atoms with E-state index in [1.165, 1.54) is 0 Å². The van der Waals surface area contributed by atoms with Crippen LogP contribution in [0.2, 0.25) is 10.0 Å². The number of nitrogens with one attached hydrogen (secondary N) is 1. The third-order valence-corrected chi connectivity index (χ3v) is 4.54. The molecule has 1 aromatic rings. The molecule has 3 heteroatoms. The highest BCUT2D eigenvalue weighted by Gasteiger charge is 2.21. The molecule has 0 aliphatic heterocycles. The van der Waals surface area contributed by atoms with Gasteiger partial charge in [0.15, 0.2) is 0 Å². The van der Waals surface area contributed by atoms with Gasteiger partial charge in [0, 0.05) is 16.1 Å². The minimum atomic E-state index is 0.414. The van der Waals surface area contributed by atoms with Crippen molar-refractivity contribution < 1.29 is 0 Å². The Morgan fingerprint density at radius 1 is 1.11 bits per heavy atom. The van der Waals surface area contributed by atoms with Crippen molar-refractivity contribution in [1.29, 1.82) is 0 Å². The number of rotatable bonds is 7. The fourth-order valence-corrected chi connectivity index (χ4v) is 2.74. The minimum absolute atomic E-state index is 0.414. The van der Waals surface area contributed by atoms with Crippen molar-refractivity contribution >= 4 is 23.2 Å². The first-order chi connectivity index (χ1) is 8.97. The lowest BCUT2D eigenvalue weighted by molar-refractivity contribution is 0.297.